The third-order valence-corrected chi connectivity index (χ3v) is 7.14. The average molecular weight is 384 g/mol. The van der Waals surface area contributed by atoms with E-state index in [-0.39, 0.29) is 11.4 Å². The van der Waals surface area contributed by atoms with E-state index in [1.165, 1.54) is 24.3 Å². The van der Waals surface area contributed by atoms with E-state index in [1.807, 2.05) is 0 Å². The van der Waals surface area contributed by atoms with Crippen LogP contribution in [0.4, 0.5) is 0 Å². The molecule has 1 N–H and O–H groups in total. The van der Waals surface area contributed by atoms with Crippen LogP contribution in [0.25, 0.3) is 0 Å². The maximum absolute atomic E-state index is 12.8. The molecule has 0 bridgehead atoms. The summed E-state index contributed by atoms with van der Waals surface area (Å²) in [5.41, 5.74) is 0.854. The van der Waals surface area contributed by atoms with Crippen molar-refractivity contribution in [2.45, 2.75) is 29.0 Å². The van der Waals surface area contributed by atoms with E-state index in [1.54, 1.807) is 24.3 Å². The molecule has 3 rings (SSSR count). The summed E-state index contributed by atoms with van der Waals surface area (Å²) >= 11 is 11.6. The summed E-state index contributed by atoms with van der Waals surface area (Å²) in [6, 6.07) is 12.9. The second kappa shape index (κ2) is 6.39. The second-order valence-electron chi connectivity index (χ2n) is 5.76. The van der Waals surface area contributed by atoms with Gasteiger partial charge in [0, 0.05) is 16.6 Å². The Morgan fingerprint density at radius 3 is 1.96 bits per heavy atom. The normalized spacial score (nSPS) is 15.8. The summed E-state index contributed by atoms with van der Waals surface area (Å²) in [6.07, 6.45) is 0.648. The van der Waals surface area contributed by atoms with Crippen molar-refractivity contribution in [2.24, 2.45) is 0 Å². The van der Waals surface area contributed by atoms with E-state index in [4.69, 9.17) is 23.2 Å². The molecule has 0 aromatic heterocycles. The number of carbonyl (C=O) groups excluding carboxylic acids is 1. The Morgan fingerprint density at radius 1 is 0.958 bits per heavy atom. The van der Waals surface area contributed by atoms with Gasteiger partial charge in [0.25, 0.3) is 0 Å². The van der Waals surface area contributed by atoms with Crippen LogP contribution in [-0.4, -0.2) is 19.1 Å². The van der Waals surface area contributed by atoms with Gasteiger partial charge >= 0.3 is 0 Å². The Balaban J connectivity index is 1.76. The second-order valence-corrected chi connectivity index (χ2v) is 8.89. The molecule has 2 aromatic rings. The van der Waals surface area contributed by atoms with Gasteiger partial charge < -0.3 is 5.32 Å². The molecule has 0 spiro atoms. The molecule has 0 unspecified atom stereocenters. The molecular weight excluding hydrogens is 369 g/mol. The van der Waals surface area contributed by atoms with Crippen molar-refractivity contribution in [2.75, 3.05) is 0 Å². The lowest BCUT2D eigenvalue weighted by atomic mass is 10.2. The monoisotopic (exact) mass is 383 g/mol. The van der Waals surface area contributed by atoms with E-state index in [2.05, 4.69) is 5.32 Å². The van der Waals surface area contributed by atoms with Crippen molar-refractivity contribution in [1.29, 1.82) is 0 Å². The maximum Gasteiger partial charge on any atom is 0.242 e. The SMILES string of the molecule is O=C(NCc1ccc(Cl)cc1)C1(S(=O)(=O)c2ccc(Cl)cc2)CC1. The summed E-state index contributed by atoms with van der Waals surface area (Å²) in [5.74, 6) is -0.465. The number of hydrogen-bond acceptors (Lipinski definition) is 3. The Kier molecular flexibility index (Phi) is 4.60. The molecule has 1 amide bonds. The third-order valence-electron chi connectivity index (χ3n) is 4.12. The number of sulfone groups is 1. The topological polar surface area (TPSA) is 63.2 Å². The molecule has 24 heavy (non-hydrogen) atoms. The van der Waals surface area contributed by atoms with Crippen molar-refractivity contribution in [3.63, 3.8) is 0 Å². The van der Waals surface area contributed by atoms with Crippen LogP contribution in [0.1, 0.15) is 18.4 Å². The largest absolute Gasteiger partial charge is 0.351 e. The molecule has 1 fully saturated rings. The number of carbonyl (C=O) groups is 1. The van der Waals surface area contributed by atoms with Crippen LogP contribution in [0.15, 0.2) is 53.4 Å². The predicted molar refractivity (Wildman–Crippen MR) is 93.9 cm³/mol. The van der Waals surface area contributed by atoms with Crippen LogP contribution < -0.4 is 5.32 Å². The standard InChI is InChI=1S/C17H15Cl2NO3S/c18-13-3-1-12(2-4-13)11-20-16(21)17(9-10-17)24(22,23)15-7-5-14(19)6-8-15/h1-8H,9-11H2,(H,20,21). The zero-order valence-electron chi connectivity index (χ0n) is 12.6. The van der Waals surface area contributed by atoms with Crippen molar-refractivity contribution >= 4 is 38.9 Å². The molecule has 1 aliphatic carbocycles. The lowest BCUT2D eigenvalue weighted by Gasteiger charge is -2.16. The highest BCUT2D eigenvalue weighted by atomic mass is 35.5. The lowest BCUT2D eigenvalue weighted by Crippen LogP contribution is -2.41. The first kappa shape index (κ1) is 17.3. The zero-order chi connectivity index (χ0) is 17.4. The zero-order valence-corrected chi connectivity index (χ0v) is 15.0. The molecule has 7 heteroatoms. The summed E-state index contributed by atoms with van der Waals surface area (Å²) in [4.78, 5) is 12.6. The quantitative estimate of drug-likeness (QED) is 0.857. The van der Waals surface area contributed by atoms with E-state index >= 15 is 0 Å². The number of halogens is 2. The minimum atomic E-state index is -3.75. The fourth-order valence-corrected chi connectivity index (χ4v) is 4.67. The maximum atomic E-state index is 12.8. The number of amides is 1. The molecule has 0 heterocycles. The van der Waals surface area contributed by atoms with Crippen molar-refractivity contribution < 1.29 is 13.2 Å². The first-order chi connectivity index (χ1) is 11.3. The number of benzene rings is 2. The molecule has 2 aromatic carbocycles. The van der Waals surface area contributed by atoms with Crippen LogP contribution >= 0.6 is 23.2 Å². The molecule has 1 saturated carbocycles. The van der Waals surface area contributed by atoms with Crippen molar-refractivity contribution in [3.8, 4) is 0 Å². The van der Waals surface area contributed by atoms with Crippen molar-refractivity contribution in [3.05, 3.63) is 64.1 Å². The minimum Gasteiger partial charge on any atom is -0.351 e. The van der Waals surface area contributed by atoms with E-state index in [9.17, 15) is 13.2 Å². The van der Waals surface area contributed by atoms with Gasteiger partial charge in [-0.1, -0.05) is 35.3 Å². The Bertz CT molecular complexity index is 858. The van der Waals surface area contributed by atoms with Gasteiger partial charge in [-0.25, -0.2) is 8.42 Å². The summed E-state index contributed by atoms with van der Waals surface area (Å²) in [5, 5.41) is 3.78. The Hall–Kier alpha value is -1.56. The number of rotatable bonds is 5. The van der Waals surface area contributed by atoms with Gasteiger partial charge in [-0.05, 0) is 54.8 Å². The molecule has 0 atom stereocenters. The van der Waals surface area contributed by atoms with Crippen LogP contribution in [0.5, 0.6) is 0 Å². The first-order valence-corrected chi connectivity index (χ1v) is 9.62. The van der Waals surface area contributed by atoms with Gasteiger partial charge in [0.05, 0.1) is 4.90 Å². The highest BCUT2D eigenvalue weighted by Crippen LogP contribution is 2.47. The van der Waals surface area contributed by atoms with Gasteiger partial charge in [-0.15, -0.1) is 0 Å². The Labute approximate surface area is 150 Å². The average Bonchev–Trinajstić information content (AvgIpc) is 3.37. The van der Waals surface area contributed by atoms with Crippen LogP contribution in [-0.2, 0) is 21.2 Å². The third kappa shape index (κ3) is 3.16. The molecule has 0 saturated heterocycles. The van der Waals surface area contributed by atoms with Gasteiger partial charge in [-0.2, -0.15) is 0 Å². The number of hydrogen-bond donors (Lipinski definition) is 1. The molecule has 1 aliphatic rings. The fraction of sp³-hybridized carbons (Fsp3) is 0.235. The molecular formula is C17H15Cl2NO3S. The van der Waals surface area contributed by atoms with E-state index in [0.29, 0.717) is 22.9 Å². The lowest BCUT2D eigenvalue weighted by molar-refractivity contribution is -0.121. The fourth-order valence-electron chi connectivity index (χ4n) is 2.52. The smallest absolute Gasteiger partial charge is 0.242 e. The van der Waals surface area contributed by atoms with E-state index < -0.39 is 20.5 Å². The highest BCUT2D eigenvalue weighted by Gasteiger charge is 2.61. The molecule has 126 valence electrons. The van der Waals surface area contributed by atoms with Crippen LogP contribution in [0.3, 0.4) is 0 Å². The summed E-state index contributed by atoms with van der Waals surface area (Å²) in [7, 11) is -3.75. The summed E-state index contributed by atoms with van der Waals surface area (Å²) < 4.78 is 24.2. The molecule has 4 nitrogen and oxygen atoms in total. The van der Waals surface area contributed by atoms with Gasteiger partial charge in [0.1, 0.15) is 0 Å². The van der Waals surface area contributed by atoms with E-state index in [0.717, 1.165) is 5.56 Å². The van der Waals surface area contributed by atoms with Gasteiger partial charge in [-0.3, -0.25) is 4.79 Å². The predicted octanol–water partition coefficient (Wildman–Crippen LogP) is 3.62. The van der Waals surface area contributed by atoms with Crippen LogP contribution in [0.2, 0.25) is 10.0 Å². The minimum absolute atomic E-state index is 0.117. The number of nitrogens with one attached hydrogen (secondary N) is 1. The Morgan fingerprint density at radius 2 is 1.46 bits per heavy atom. The van der Waals surface area contributed by atoms with Crippen molar-refractivity contribution in [1.82, 2.24) is 5.32 Å². The molecule has 0 aliphatic heterocycles. The van der Waals surface area contributed by atoms with Crippen LogP contribution in [0, 0.1) is 0 Å². The summed E-state index contributed by atoms with van der Waals surface area (Å²) in [6.45, 7) is 0.258. The van der Waals surface area contributed by atoms with Gasteiger partial charge in [0.15, 0.2) is 14.6 Å². The first-order valence-electron chi connectivity index (χ1n) is 7.38. The highest BCUT2D eigenvalue weighted by molar-refractivity contribution is 7.94. The van der Waals surface area contributed by atoms with Gasteiger partial charge in [0.2, 0.25) is 5.91 Å². The molecule has 0 radical (unpaired) electrons.